The molecular formula is C25H23FN4O3S. The summed E-state index contributed by atoms with van der Waals surface area (Å²) < 4.78 is 24.6. The summed E-state index contributed by atoms with van der Waals surface area (Å²) in [6.45, 7) is 7.40. The lowest BCUT2D eigenvalue weighted by Gasteiger charge is -2.28. The Labute approximate surface area is 201 Å². The Balaban J connectivity index is 2.12. The summed E-state index contributed by atoms with van der Waals surface area (Å²) in [6.07, 6.45) is 0. The van der Waals surface area contributed by atoms with Gasteiger partial charge >= 0.3 is 5.97 Å². The zero-order chi connectivity index (χ0) is 25.0. The van der Waals surface area contributed by atoms with Gasteiger partial charge in [-0.2, -0.15) is 10.5 Å². The molecule has 1 aromatic carbocycles. The molecule has 0 amide bonds. The minimum absolute atomic E-state index is 0.0290. The number of halogens is 1. The van der Waals surface area contributed by atoms with Gasteiger partial charge in [-0.15, -0.1) is 0 Å². The van der Waals surface area contributed by atoms with E-state index in [0.29, 0.717) is 16.2 Å². The highest BCUT2D eigenvalue weighted by molar-refractivity contribution is 7.99. The molecule has 0 unspecified atom stereocenters. The molecule has 1 aliphatic heterocycles. The van der Waals surface area contributed by atoms with Crippen LogP contribution >= 0.6 is 11.8 Å². The lowest BCUT2D eigenvalue weighted by atomic mass is 9.83. The molecule has 2 N–H and O–H groups in total. The molecule has 1 aliphatic rings. The second kappa shape index (κ2) is 10.4. The van der Waals surface area contributed by atoms with Crippen molar-refractivity contribution in [1.29, 1.82) is 10.5 Å². The van der Waals surface area contributed by atoms with Crippen LogP contribution in [-0.2, 0) is 14.3 Å². The molecule has 1 atom stereocenters. The van der Waals surface area contributed by atoms with Gasteiger partial charge in [-0.3, -0.25) is 0 Å². The number of aryl methyl sites for hydroxylation is 1. The van der Waals surface area contributed by atoms with E-state index in [0.717, 1.165) is 16.8 Å². The first-order chi connectivity index (χ1) is 16.2. The van der Waals surface area contributed by atoms with Gasteiger partial charge in [-0.25, -0.2) is 14.2 Å². The van der Waals surface area contributed by atoms with Crippen LogP contribution in [0.1, 0.15) is 40.8 Å². The van der Waals surface area contributed by atoms with E-state index < -0.39 is 17.7 Å². The number of benzene rings is 1. The van der Waals surface area contributed by atoms with Crippen molar-refractivity contribution in [3.63, 3.8) is 0 Å². The number of nitriles is 2. The van der Waals surface area contributed by atoms with E-state index in [1.54, 1.807) is 6.92 Å². The molecule has 0 saturated heterocycles. The average molecular weight is 479 g/mol. The van der Waals surface area contributed by atoms with Crippen LogP contribution in [0.5, 0.6) is 0 Å². The fourth-order valence-corrected chi connectivity index (χ4v) is 4.65. The van der Waals surface area contributed by atoms with Crippen LogP contribution in [0.15, 0.2) is 52.1 Å². The molecular weight excluding hydrogens is 455 g/mol. The number of nitrogens with two attached hydrogens (primary N) is 1. The summed E-state index contributed by atoms with van der Waals surface area (Å²) in [5.74, 6) is -1.87. The number of rotatable bonds is 6. The van der Waals surface area contributed by atoms with Crippen LogP contribution in [-0.4, -0.2) is 23.3 Å². The Morgan fingerprint density at radius 2 is 1.88 bits per heavy atom. The Kier molecular flexibility index (Phi) is 7.60. The van der Waals surface area contributed by atoms with E-state index in [-0.39, 0.29) is 35.1 Å². The van der Waals surface area contributed by atoms with Crippen LogP contribution in [0.2, 0.25) is 0 Å². The molecule has 0 saturated carbocycles. The second-order valence-electron chi connectivity index (χ2n) is 7.56. The van der Waals surface area contributed by atoms with E-state index in [2.05, 4.69) is 11.1 Å². The Bertz CT molecular complexity index is 1290. The fraction of sp³-hybridized carbons (Fsp3) is 0.280. The molecule has 7 nitrogen and oxygen atoms in total. The first-order valence-corrected chi connectivity index (χ1v) is 11.5. The average Bonchev–Trinajstić information content (AvgIpc) is 2.81. The molecule has 0 fully saturated rings. The molecule has 0 radical (unpaired) electrons. The maximum absolute atomic E-state index is 13.6. The predicted molar refractivity (Wildman–Crippen MR) is 125 cm³/mol. The number of hydrogen-bond donors (Lipinski definition) is 1. The maximum Gasteiger partial charge on any atom is 0.338 e. The van der Waals surface area contributed by atoms with Crippen molar-refractivity contribution in [2.75, 3.05) is 12.4 Å². The van der Waals surface area contributed by atoms with Gasteiger partial charge < -0.3 is 15.2 Å². The Morgan fingerprint density at radius 3 is 2.47 bits per heavy atom. The number of thioether (sulfide) groups is 1. The number of allylic oxidation sites excluding steroid dienone is 1. The lowest BCUT2D eigenvalue weighted by molar-refractivity contribution is -0.139. The molecule has 3 rings (SSSR count). The lowest BCUT2D eigenvalue weighted by Crippen LogP contribution is -2.27. The smallest absolute Gasteiger partial charge is 0.338 e. The highest BCUT2D eigenvalue weighted by Crippen LogP contribution is 2.41. The SMILES string of the molecule is CCOC(=O)C1=C(CSc2nc(C)c(C)c(C)c2C#N)OC(N)=C(C#N)[C@H]1c1ccc(F)cc1. The number of carbonyl (C=O) groups is 1. The van der Waals surface area contributed by atoms with Crippen molar-refractivity contribution in [3.05, 3.63) is 80.8 Å². The van der Waals surface area contributed by atoms with E-state index in [1.165, 1.54) is 36.0 Å². The molecule has 174 valence electrons. The number of hydrogen-bond acceptors (Lipinski definition) is 8. The van der Waals surface area contributed by atoms with Gasteiger partial charge in [-0.05, 0) is 56.5 Å². The number of ether oxygens (including phenoxy) is 2. The number of esters is 1. The van der Waals surface area contributed by atoms with Gasteiger partial charge in [0, 0.05) is 5.69 Å². The van der Waals surface area contributed by atoms with Crippen LogP contribution < -0.4 is 5.73 Å². The van der Waals surface area contributed by atoms with E-state index in [4.69, 9.17) is 15.2 Å². The highest BCUT2D eigenvalue weighted by Gasteiger charge is 2.37. The largest absolute Gasteiger partial charge is 0.463 e. The van der Waals surface area contributed by atoms with Gasteiger partial charge in [0.25, 0.3) is 0 Å². The third kappa shape index (κ3) is 4.75. The minimum Gasteiger partial charge on any atom is -0.463 e. The second-order valence-corrected chi connectivity index (χ2v) is 8.53. The Morgan fingerprint density at radius 1 is 1.21 bits per heavy atom. The molecule has 2 heterocycles. The van der Waals surface area contributed by atoms with E-state index >= 15 is 0 Å². The predicted octanol–water partition coefficient (Wildman–Crippen LogP) is 4.43. The quantitative estimate of drug-likeness (QED) is 0.478. The molecule has 0 aliphatic carbocycles. The van der Waals surface area contributed by atoms with Crippen LogP contribution in [0, 0.1) is 49.3 Å². The number of pyridine rings is 1. The van der Waals surface area contributed by atoms with Crippen molar-refractivity contribution in [2.24, 2.45) is 5.73 Å². The summed E-state index contributed by atoms with van der Waals surface area (Å²) in [5, 5.41) is 19.9. The molecule has 9 heteroatoms. The van der Waals surface area contributed by atoms with Gasteiger partial charge in [0.05, 0.1) is 29.4 Å². The molecule has 1 aromatic heterocycles. The Hall–Kier alpha value is -3.82. The molecule has 2 aromatic rings. The summed E-state index contributed by atoms with van der Waals surface area (Å²) in [5.41, 5.74) is 9.69. The third-order valence-corrected chi connectivity index (χ3v) is 6.59. The number of carbonyl (C=O) groups excluding carboxylic acids is 1. The van der Waals surface area contributed by atoms with Crippen LogP contribution in [0.3, 0.4) is 0 Å². The molecule has 0 spiro atoms. The summed E-state index contributed by atoms with van der Waals surface area (Å²) in [4.78, 5) is 17.6. The van der Waals surface area contributed by atoms with Crippen LogP contribution in [0.4, 0.5) is 4.39 Å². The topological polar surface area (TPSA) is 122 Å². The van der Waals surface area contributed by atoms with Gasteiger partial charge in [-0.1, -0.05) is 23.9 Å². The van der Waals surface area contributed by atoms with E-state index in [9.17, 15) is 19.7 Å². The maximum atomic E-state index is 13.6. The first kappa shape index (κ1) is 24.8. The summed E-state index contributed by atoms with van der Waals surface area (Å²) in [7, 11) is 0. The van der Waals surface area contributed by atoms with Gasteiger partial charge in [0.15, 0.2) is 0 Å². The zero-order valence-electron chi connectivity index (χ0n) is 19.2. The monoisotopic (exact) mass is 478 g/mol. The van der Waals surface area contributed by atoms with E-state index in [1.807, 2.05) is 26.8 Å². The minimum atomic E-state index is -0.890. The van der Waals surface area contributed by atoms with Crippen molar-refractivity contribution < 1.29 is 18.7 Å². The van der Waals surface area contributed by atoms with Crippen molar-refractivity contribution in [1.82, 2.24) is 4.98 Å². The standard InChI is InChI=1S/C25H23FN4O3S/c1-5-32-25(31)22-20(12-34-24-18(10-27)14(3)13(2)15(4)30-24)33-23(29)19(11-28)21(22)16-6-8-17(26)9-7-16/h6-9,21H,5,12,29H2,1-4H3/t21-/m1/s1. The van der Waals surface area contributed by atoms with Crippen molar-refractivity contribution >= 4 is 17.7 Å². The first-order valence-electron chi connectivity index (χ1n) is 10.5. The van der Waals surface area contributed by atoms with Crippen molar-refractivity contribution in [3.8, 4) is 12.1 Å². The number of aromatic nitrogens is 1. The normalized spacial score (nSPS) is 15.4. The number of nitrogens with zero attached hydrogens (tertiary/aromatic N) is 3. The van der Waals surface area contributed by atoms with Gasteiger partial charge in [0.2, 0.25) is 5.88 Å². The third-order valence-electron chi connectivity index (χ3n) is 5.61. The molecule has 34 heavy (non-hydrogen) atoms. The summed E-state index contributed by atoms with van der Waals surface area (Å²) in [6, 6.07) is 9.67. The zero-order valence-corrected chi connectivity index (χ0v) is 20.0. The fourth-order valence-electron chi connectivity index (χ4n) is 3.63. The molecule has 0 bridgehead atoms. The van der Waals surface area contributed by atoms with Crippen LogP contribution in [0.25, 0.3) is 0 Å². The van der Waals surface area contributed by atoms with Gasteiger partial charge in [0.1, 0.15) is 34.3 Å². The highest BCUT2D eigenvalue weighted by atomic mass is 32.2. The van der Waals surface area contributed by atoms with Crippen molar-refractivity contribution in [2.45, 2.75) is 38.6 Å². The summed E-state index contributed by atoms with van der Waals surface area (Å²) >= 11 is 1.22.